The van der Waals surface area contributed by atoms with Gasteiger partial charge in [0.2, 0.25) is 5.91 Å². The molecule has 0 bridgehead atoms. The van der Waals surface area contributed by atoms with Gasteiger partial charge in [0.15, 0.2) is 0 Å². The molecule has 0 saturated carbocycles. The Balaban J connectivity index is 2.21. The van der Waals surface area contributed by atoms with Crippen LogP contribution in [0.1, 0.15) is 32.4 Å². The van der Waals surface area contributed by atoms with E-state index in [-0.39, 0.29) is 11.9 Å². The third kappa shape index (κ3) is 3.64. The molecule has 1 aromatic heterocycles. The molecule has 1 amide bonds. The number of aryl methyl sites for hydroxylation is 1. The number of amides is 1. The first-order chi connectivity index (χ1) is 6.72. The molecule has 78 valence electrons. The minimum absolute atomic E-state index is 0.108. The maximum absolute atomic E-state index is 11.0. The molecule has 14 heavy (non-hydrogen) atoms. The predicted octanol–water partition coefficient (Wildman–Crippen LogP) is 2.13. The molecule has 0 fully saturated rings. The van der Waals surface area contributed by atoms with Crippen molar-refractivity contribution in [2.45, 2.75) is 39.2 Å². The fraction of sp³-hybridized carbons (Fsp3) is 0.545. The Kier molecular flexibility index (Phi) is 4.23. The van der Waals surface area contributed by atoms with Crippen LogP contribution in [0.5, 0.6) is 0 Å². The lowest BCUT2D eigenvalue weighted by molar-refractivity contribution is -0.121. The van der Waals surface area contributed by atoms with Gasteiger partial charge in [-0.2, -0.15) is 0 Å². The Morgan fingerprint density at radius 2 is 2.43 bits per heavy atom. The summed E-state index contributed by atoms with van der Waals surface area (Å²) in [4.78, 5) is 11.0. The summed E-state index contributed by atoms with van der Waals surface area (Å²) in [6.45, 7) is 3.87. The van der Waals surface area contributed by atoms with Gasteiger partial charge in [0, 0.05) is 18.9 Å². The van der Waals surface area contributed by atoms with Crippen LogP contribution in [0, 0.1) is 0 Å². The van der Waals surface area contributed by atoms with Crippen molar-refractivity contribution in [3.63, 3.8) is 0 Å². The van der Waals surface area contributed by atoms with Gasteiger partial charge in [-0.3, -0.25) is 4.79 Å². The smallest absolute Gasteiger partial charge is 0.219 e. The largest absolute Gasteiger partial charge is 0.469 e. The zero-order valence-corrected chi connectivity index (χ0v) is 8.75. The molecular weight excluding hydrogens is 178 g/mol. The lowest BCUT2D eigenvalue weighted by Crippen LogP contribution is -2.32. The quantitative estimate of drug-likeness (QED) is 0.782. The molecule has 0 aliphatic carbocycles. The van der Waals surface area contributed by atoms with E-state index in [2.05, 4.69) is 5.32 Å². The molecule has 1 N–H and O–H groups in total. The Hall–Kier alpha value is -1.25. The van der Waals surface area contributed by atoms with Crippen LogP contribution in [0.2, 0.25) is 0 Å². The third-order valence-corrected chi connectivity index (χ3v) is 2.13. The summed E-state index contributed by atoms with van der Waals surface area (Å²) in [5.41, 5.74) is 0. The van der Waals surface area contributed by atoms with E-state index in [1.54, 1.807) is 6.26 Å². The van der Waals surface area contributed by atoms with Crippen molar-refractivity contribution in [2.75, 3.05) is 0 Å². The van der Waals surface area contributed by atoms with Crippen LogP contribution in [0.25, 0.3) is 0 Å². The van der Waals surface area contributed by atoms with Crippen LogP contribution < -0.4 is 5.32 Å². The molecule has 0 spiro atoms. The molecule has 1 atom stereocenters. The molecule has 0 saturated heterocycles. The van der Waals surface area contributed by atoms with Crippen LogP contribution in [0.4, 0.5) is 0 Å². The maximum atomic E-state index is 11.0. The average molecular weight is 195 g/mol. The van der Waals surface area contributed by atoms with Gasteiger partial charge >= 0.3 is 0 Å². The van der Waals surface area contributed by atoms with E-state index in [0.29, 0.717) is 6.42 Å². The Labute approximate surface area is 84.5 Å². The van der Waals surface area contributed by atoms with Gasteiger partial charge in [-0.1, -0.05) is 6.92 Å². The molecule has 1 aromatic rings. The SMILES string of the molecule is CCC(=O)NC(C)CCc1ccco1. The molecule has 1 rings (SSSR count). The van der Waals surface area contributed by atoms with Gasteiger partial charge in [-0.25, -0.2) is 0 Å². The molecule has 3 nitrogen and oxygen atoms in total. The fourth-order valence-electron chi connectivity index (χ4n) is 1.26. The number of carbonyl (C=O) groups excluding carboxylic acids is 1. The maximum Gasteiger partial charge on any atom is 0.219 e. The monoisotopic (exact) mass is 195 g/mol. The van der Waals surface area contributed by atoms with Gasteiger partial charge < -0.3 is 9.73 Å². The minimum Gasteiger partial charge on any atom is -0.469 e. The number of nitrogens with one attached hydrogen (secondary N) is 1. The first-order valence-corrected chi connectivity index (χ1v) is 5.04. The summed E-state index contributed by atoms with van der Waals surface area (Å²) in [7, 11) is 0. The van der Waals surface area contributed by atoms with Gasteiger partial charge in [0.25, 0.3) is 0 Å². The molecule has 0 aromatic carbocycles. The Morgan fingerprint density at radius 1 is 1.64 bits per heavy atom. The van der Waals surface area contributed by atoms with Crippen LogP contribution in [0.3, 0.4) is 0 Å². The molecule has 0 aliphatic heterocycles. The second-order valence-electron chi connectivity index (χ2n) is 3.44. The normalized spacial score (nSPS) is 12.4. The molecular formula is C11H17NO2. The average Bonchev–Trinajstić information content (AvgIpc) is 2.67. The zero-order chi connectivity index (χ0) is 10.4. The highest BCUT2D eigenvalue weighted by molar-refractivity contribution is 5.75. The van der Waals surface area contributed by atoms with Gasteiger partial charge in [-0.15, -0.1) is 0 Å². The lowest BCUT2D eigenvalue weighted by Gasteiger charge is -2.11. The molecule has 1 unspecified atom stereocenters. The molecule has 1 heterocycles. The van der Waals surface area contributed by atoms with E-state index in [9.17, 15) is 4.79 Å². The van der Waals surface area contributed by atoms with Crippen molar-refractivity contribution in [3.05, 3.63) is 24.2 Å². The van der Waals surface area contributed by atoms with Crippen LogP contribution in [-0.2, 0) is 11.2 Å². The van der Waals surface area contributed by atoms with E-state index >= 15 is 0 Å². The summed E-state index contributed by atoms with van der Waals surface area (Å²) >= 11 is 0. The topological polar surface area (TPSA) is 42.2 Å². The van der Waals surface area contributed by atoms with Crippen molar-refractivity contribution in [3.8, 4) is 0 Å². The second-order valence-corrected chi connectivity index (χ2v) is 3.44. The minimum atomic E-state index is 0.108. The van der Waals surface area contributed by atoms with Gasteiger partial charge in [0.05, 0.1) is 6.26 Å². The van der Waals surface area contributed by atoms with E-state index < -0.39 is 0 Å². The van der Waals surface area contributed by atoms with Gasteiger partial charge in [0.1, 0.15) is 5.76 Å². The summed E-state index contributed by atoms with van der Waals surface area (Å²) in [5, 5.41) is 2.91. The van der Waals surface area contributed by atoms with E-state index in [4.69, 9.17) is 4.42 Å². The van der Waals surface area contributed by atoms with E-state index in [1.165, 1.54) is 0 Å². The highest BCUT2D eigenvalue weighted by Gasteiger charge is 2.06. The highest BCUT2D eigenvalue weighted by atomic mass is 16.3. The number of furan rings is 1. The summed E-state index contributed by atoms with van der Waals surface area (Å²) in [6, 6.07) is 4.05. The summed E-state index contributed by atoms with van der Waals surface area (Å²) < 4.78 is 5.20. The molecule has 0 aliphatic rings. The predicted molar refractivity (Wildman–Crippen MR) is 54.9 cm³/mol. The van der Waals surface area contributed by atoms with Crippen molar-refractivity contribution >= 4 is 5.91 Å². The third-order valence-electron chi connectivity index (χ3n) is 2.13. The number of hydrogen-bond donors (Lipinski definition) is 1. The van der Waals surface area contributed by atoms with Crippen molar-refractivity contribution in [1.82, 2.24) is 5.32 Å². The summed E-state index contributed by atoms with van der Waals surface area (Å²) in [6.07, 6.45) is 4.01. The first kappa shape index (κ1) is 10.8. The zero-order valence-electron chi connectivity index (χ0n) is 8.75. The van der Waals surface area contributed by atoms with E-state index in [0.717, 1.165) is 18.6 Å². The second kappa shape index (κ2) is 5.47. The Morgan fingerprint density at radius 3 is 3.00 bits per heavy atom. The lowest BCUT2D eigenvalue weighted by atomic mass is 10.1. The number of rotatable bonds is 5. The van der Waals surface area contributed by atoms with E-state index in [1.807, 2.05) is 26.0 Å². The summed E-state index contributed by atoms with van der Waals surface area (Å²) in [5.74, 6) is 1.08. The van der Waals surface area contributed by atoms with Crippen molar-refractivity contribution in [1.29, 1.82) is 0 Å². The van der Waals surface area contributed by atoms with Crippen LogP contribution >= 0.6 is 0 Å². The molecule has 3 heteroatoms. The fourth-order valence-corrected chi connectivity index (χ4v) is 1.26. The number of carbonyl (C=O) groups is 1. The van der Waals surface area contributed by atoms with Gasteiger partial charge in [-0.05, 0) is 25.5 Å². The highest BCUT2D eigenvalue weighted by Crippen LogP contribution is 2.05. The first-order valence-electron chi connectivity index (χ1n) is 5.04. The number of hydrogen-bond acceptors (Lipinski definition) is 2. The van der Waals surface area contributed by atoms with Crippen LogP contribution in [-0.4, -0.2) is 11.9 Å². The van der Waals surface area contributed by atoms with Crippen molar-refractivity contribution in [2.24, 2.45) is 0 Å². The standard InChI is InChI=1S/C11H17NO2/c1-3-11(13)12-9(2)6-7-10-5-4-8-14-10/h4-5,8-9H,3,6-7H2,1-2H3,(H,12,13). The molecule has 0 radical (unpaired) electrons. The van der Waals surface area contributed by atoms with Crippen LogP contribution in [0.15, 0.2) is 22.8 Å². The Bertz CT molecular complexity index is 267. The van der Waals surface area contributed by atoms with Crippen molar-refractivity contribution < 1.29 is 9.21 Å².